The first-order chi connectivity index (χ1) is 24.0. The van der Waals surface area contributed by atoms with Gasteiger partial charge in [-0.3, -0.25) is 14.3 Å². The van der Waals surface area contributed by atoms with E-state index in [2.05, 4.69) is 35.8 Å². The molecule has 2 aliphatic heterocycles. The number of rotatable bonds is 8. The number of fused-ring (bicyclic) bond motifs is 1. The van der Waals surface area contributed by atoms with E-state index >= 15 is 0 Å². The predicted octanol–water partition coefficient (Wildman–Crippen LogP) is 3.63. The fourth-order valence-corrected chi connectivity index (χ4v) is 6.46. The first-order valence-corrected chi connectivity index (χ1v) is 16.3. The number of piperazine rings is 1. The molecule has 6 aromatic rings. The molecular weight excluding hydrogens is 620 g/mol. The van der Waals surface area contributed by atoms with Crippen LogP contribution in [-0.2, 0) is 19.5 Å². The number of nitrogens with zero attached hydrogens (tertiary/aromatic N) is 11. The summed E-state index contributed by atoms with van der Waals surface area (Å²) >= 11 is 0. The Morgan fingerprint density at radius 2 is 1.69 bits per heavy atom. The molecule has 6 heterocycles. The van der Waals surface area contributed by atoms with Gasteiger partial charge in [0.15, 0.2) is 11.6 Å². The van der Waals surface area contributed by atoms with Gasteiger partial charge in [0, 0.05) is 61.9 Å². The van der Waals surface area contributed by atoms with Crippen LogP contribution in [0.5, 0.6) is 0 Å². The number of benzene rings is 2. The van der Waals surface area contributed by atoms with Crippen LogP contribution in [0.2, 0.25) is 0 Å². The number of aromatic nitrogens is 9. The molecule has 0 atom stereocenters. The predicted molar refractivity (Wildman–Crippen MR) is 182 cm³/mol. The van der Waals surface area contributed by atoms with Crippen molar-refractivity contribution in [3.05, 3.63) is 113 Å². The molecule has 2 aliphatic rings. The van der Waals surface area contributed by atoms with Crippen LogP contribution in [0.4, 0.5) is 11.5 Å². The van der Waals surface area contributed by atoms with Crippen molar-refractivity contribution in [2.75, 3.05) is 36.4 Å². The lowest BCUT2D eigenvalue weighted by molar-refractivity contribution is 0.0744. The molecule has 0 bridgehead atoms. The van der Waals surface area contributed by atoms with E-state index in [4.69, 9.17) is 5.10 Å². The third-order valence-corrected chi connectivity index (χ3v) is 9.05. The molecule has 0 radical (unpaired) electrons. The van der Waals surface area contributed by atoms with Gasteiger partial charge in [-0.25, -0.2) is 9.36 Å². The van der Waals surface area contributed by atoms with Crippen molar-refractivity contribution in [2.24, 2.45) is 0 Å². The van der Waals surface area contributed by atoms with Crippen molar-refractivity contribution in [1.29, 1.82) is 0 Å². The van der Waals surface area contributed by atoms with Crippen molar-refractivity contribution in [3.8, 4) is 17.1 Å². The van der Waals surface area contributed by atoms with Crippen LogP contribution >= 0.6 is 0 Å². The van der Waals surface area contributed by atoms with Gasteiger partial charge >= 0.3 is 0 Å². The van der Waals surface area contributed by atoms with Crippen molar-refractivity contribution in [2.45, 2.75) is 32.9 Å². The van der Waals surface area contributed by atoms with Gasteiger partial charge in [-0.1, -0.05) is 35.5 Å². The number of hydrogen-bond donors (Lipinski definition) is 1. The summed E-state index contributed by atoms with van der Waals surface area (Å²) < 4.78 is 5.34. The Kier molecular flexibility index (Phi) is 7.87. The van der Waals surface area contributed by atoms with Crippen LogP contribution in [0.25, 0.3) is 17.1 Å². The largest absolute Gasteiger partial charge is 0.352 e. The van der Waals surface area contributed by atoms with Gasteiger partial charge < -0.3 is 15.1 Å². The molecule has 14 heteroatoms. The Labute approximate surface area is 282 Å². The van der Waals surface area contributed by atoms with E-state index < -0.39 is 0 Å². The van der Waals surface area contributed by atoms with E-state index in [-0.39, 0.29) is 11.8 Å². The average molecular weight is 655 g/mol. The molecule has 2 amide bonds. The standard InChI is InChI=1S/C35H34N12O2/c1-24-10-11-25(21-27(24)34(48)37-26-7-3-2-4-8-26)28-22-45(42-38-28)23-29-33(30-9-5-15-46(30)41-29)35(49)44-19-17-43(18-20-44)31-12-13-32(40-39-31)47-16-6-14-36-47/h2-4,6-8,10-14,16,21-22H,5,9,15,17-20,23H2,1H3,(H,37,48). The van der Waals surface area contributed by atoms with Gasteiger partial charge in [0.1, 0.15) is 5.69 Å². The van der Waals surface area contributed by atoms with Gasteiger partial charge in [-0.15, -0.1) is 15.3 Å². The smallest absolute Gasteiger partial charge is 0.257 e. The highest BCUT2D eigenvalue weighted by atomic mass is 16.2. The van der Waals surface area contributed by atoms with Crippen molar-refractivity contribution in [3.63, 3.8) is 0 Å². The second-order valence-corrected chi connectivity index (χ2v) is 12.2. The topological polar surface area (TPSA) is 145 Å². The average Bonchev–Trinajstić information content (AvgIpc) is 3.96. The lowest BCUT2D eigenvalue weighted by atomic mass is 10.0. The zero-order valence-electron chi connectivity index (χ0n) is 27.0. The Hall–Kier alpha value is -6.18. The highest BCUT2D eigenvalue weighted by Crippen LogP contribution is 2.27. The molecule has 246 valence electrons. The molecule has 1 fully saturated rings. The van der Waals surface area contributed by atoms with E-state index in [9.17, 15) is 9.59 Å². The summed E-state index contributed by atoms with van der Waals surface area (Å²) in [4.78, 5) is 31.2. The number of carbonyl (C=O) groups is 2. The summed E-state index contributed by atoms with van der Waals surface area (Å²) in [5.74, 6) is 1.23. The third-order valence-electron chi connectivity index (χ3n) is 9.05. The monoisotopic (exact) mass is 654 g/mol. The highest BCUT2D eigenvalue weighted by Gasteiger charge is 2.32. The van der Waals surface area contributed by atoms with Gasteiger partial charge in [0.2, 0.25) is 0 Å². The Morgan fingerprint density at radius 1 is 0.878 bits per heavy atom. The van der Waals surface area contributed by atoms with Crippen LogP contribution < -0.4 is 10.2 Å². The molecular formula is C35H34N12O2. The normalized spacial score (nSPS) is 14.2. The number of amides is 2. The molecule has 0 unspecified atom stereocenters. The van der Waals surface area contributed by atoms with E-state index in [1.54, 1.807) is 15.6 Å². The van der Waals surface area contributed by atoms with E-state index in [1.165, 1.54) is 0 Å². The fraction of sp³-hybridized carbons (Fsp3) is 0.257. The summed E-state index contributed by atoms with van der Waals surface area (Å²) in [6, 6.07) is 20.7. The lowest BCUT2D eigenvalue weighted by Crippen LogP contribution is -2.49. The zero-order valence-corrected chi connectivity index (χ0v) is 27.0. The zero-order chi connectivity index (χ0) is 33.3. The summed E-state index contributed by atoms with van der Waals surface area (Å²) in [6.45, 7) is 5.42. The Bertz CT molecular complexity index is 2110. The SMILES string of the molecule is Cc1ccc(-c2cn(Cc3nn4c(c3C(=O)N3CCN(c5ccc(-n6cccn6)nn5)CC3)CCC4)nn2)cc1C(=O)Nc1ccccc1. The molecule has 49 heavy (non-hydrogen) atoms. The van der Waals surface area contributed by atoms with Crippen LogP contribution in [0.15, 0.2) is 85.3 Å². The Morgan fingerprint density at radius 3 is 2.47 bits per heavy atom. The van der Waals surface area contributed by atoms with Crippen LogP contribution in [0.1, 0.15) is 44.1 Å². The molecule has 8 rings (SSSR count). The molecule has 0 spiro atoms. The first kappa shape index (κ1) is 30.2. The van der Waals surface area contributed by atoms with Crippen LogP contribution in [0.3, 0.4) is 0 Å². The second kappa shape index (κ2) is 12.8. The van der Waals surface area contributed by atoms with Crippen LogP contribution in [-0.4, -0.2) is 87.6 Å². The van der Waals surface area contributed by atoms with E-state index in [0.29, 0.717) is 61.1 Å². The maximum absolute atomic E-state index is 14.1. The number of nitrogens with one attached hydrogen (secondary N) is 1. The van der Waals surface area contributed by atoms with Crippen LogP contribution in [0, 0.1) is 6.92 Å². The maximum atomic E-state index is 14.1. The first-order valence-electron chi connectivity index (χ1n) is 16.3. The number of carbonyl (C=O) groups excluding carboxylic acids is 2. The summed E-state index contributed by atoms with van der Waals surface area (Å²) in [5.41, 5.74) is 5.89. The number of hydrogen-bond acceptors (Lipinski definition) is 9. The quantitative estimate of drug-likeness (QED) is 0.260. The number of para-hydroxylation sites is 1. The number of aryl methyl sites for hydroxylation is 2. The van der Waals surface area contributed by atoms with Gasteiger partial charge in [-0.2, -0.15) is 10.2 Å². The number of anilines is 2. The summed E-state index contributed by atoms with van der Waals surface area (Å²) in [5, 5.41) is 29.5. The van der Waals surface area contributed by atoms with Gasteiger partial charge in [-0.05, 0) is 61.7 Å². The second-order valence-electron chi connectivity index (χ2n) is 12.2. The van der Waals surface area contributed by atoms with Gasteiger partial charge in [0.05, 0.1) is 29.7 Å². The van der Waals surface area contributed by atoms with Gasteiger partial charge in [0.25, 0.3) is 11.8 Å². The minimum absolute atomic E-state index is 0.00846. The minimum atomic E-state index is -0.189. The Balaban J connectivity index is 0.965. The lowest BCUT2D eigenvalue weighted by Gasteiger charge is -2.35. The molecule has 14 nitrogen and oxygen atoms in total. The molecule has 4 aromatic heterocycles. The van der Waals surface area contributed by atoms with Crippen molar-refractivity contribution < 1.29 is 9.59 Å². The molecule has 0 aliphatic carbocycles. The summed E-state index contributed by atoms with van der Waals surface area (Å²) in [7, 11) is 0. The molecule has 1 N–H and O–H groups in total. The summed E-state index contributed by atoms with van der Waals surface area (Å²) in [6.07, 6.45) is 7.14. The molecule has 2 aromatic carbocycles. The van der Waals surface area contributed by atoms with Crippen molar-refractivity contribution >= 4 is 23.3 Å². The minimum Gasteiger partial charge on any atom is -0.352 e. The maximum Gasteiger partial charge on any atom is 0.257 e. The fourth-order valence-electron chi connectivity index (χ4n) is 6.46. The molecule has 0 saturated carbocycles. The highest BCUT2D eigenvalue weighted by molar-refractivity contribution is 6.06. The molecule has 1 saturated heterocycles. The van der Waals surface area contributed by atoms with Crippen molar-refractivity contribution in [1.82, 2.24) is 49.7 Å². The third kappa shape index (κ3) is 6.04. The van der Waals surface area contributed by atoms with E-state index in [1.807, 2.05) is 95.6 Å². The van der Waals surface area contributed by atoms with E-state index in [0.717, 1.165) is 47.7 Å².